The topological polar surface area (TPSA) is 58.6 Å². The molecular formula is C22H27BrN2O3. The number of amides is 2. The molecule has 2 aromatic rings. The zero-order valence-electron chi connectivity index (χ0n) is 16.7. The van der Waals surface area contributed by atoms with Gasteiger partial charge < -0.3 is 15.0 Å². The number of hydrogen-bond donors (Lipinski definition) is 1. The summed E-state index contributed by atoms with van der Waals surface area (Å²) in [5.74, 6) is 0.182. The van der Waals surface area contributed by atoms with E-state index in [4.69, 9.17) is 4.74 Å². The van der Waals surface area contributed by atoms with E-state index < -0.39 is 6.04 Å². The molecule has 1 N–H and O–H groups in total. The fourth-order valence-corrected chi connectivity index (χ4v) is 3.02. The normalized spacial score (nSPS) is 11.8. The number of nitrogens with one attached hydrogen (secondary N) is 1. The van der Waals surface area contributed by atoms with Crippen LogP contribution in [-0.2, 0) is 16.1 Å². The fraction of sp³-hybridized carbons (Fsp3) is 0.364. The Bertz CT molecular complexity index is 806. The van der Waals surface area contributed by atoms with Crippen molar-refractivity contribution in [3.8, 4) is 5.75 Å². The first-order valence-electron chi connectivity index (χ1n) is 9.30. The Morgan fingerprint density at radius 3 is 2.39 bits per heavy atom. The van der Waals surface area contributed by atoms with Gasteiger partial charge in [0, 0.05) is 17.1 Å². The van der Waals surface area contributed by atoms with E-state index in [1.165, 1.54) is 0 Å². The molecule has 6 heteroatoms. The van der Waals surface area contributed by atoms with Gasteiger partial charge in [0.2, 0.25) is 5.91 Å². The Hall–Kier alpha value is -2.34. The lowest BCUT2D eigenvalue weighted by molar-refractivity contribution is -0.142. The average Bonchev–Trinajstić information content (AvgIpc) is 2.64. The molecule has 0 heterocycles. The first-order chi connectivity index (χ1) is 13.3. The van der Waals surface area contributed by atoms with Gasteiger partial charge in [0.05, 0.1) is 0 Å². The second-order valence-electron chi connectivity index (χ2n) is 7.09. The van der Waals surface area contributed by atoms with Crippen molar-refractivity contribution >= 4 is 27.7 Å². The van der Waals surface area contributed by atoms with E-state index in [1.54, 1.807) is 24.0 Å². The van der Waals surface area contributed by atoms with Gasteiger partial charge in [0.1, 0.15) is 11.8 Å². The lowest BCUT2D eigenvalue weighted by Crippen LogP contribution is -2.50. The Morgan fingerprint density at radius 1 is 1.11 bits per heavy atom. The van der Waals surface area contributed by atoms with E-state index in [1.807, 2.05) is 57.2 Å². The number of rotatable bonds is 8. The highest BCUT2D eigenvalue weighted by Gasteiger charge is 2.26. The van der Waals surface area contributed by atoms with Crippen LogP contribution in [0.2, 0.25) is 0 Å². The van der Waals surface area contributed by atoms with Crippen LogP contribution in [0.25, 0.3) is 0 Å². The number of carbonyl (C=O) groups excluding carboxylic acids is 2. The van der Waals surface area contributed by atoms with Gasteiger partial charge in [-0.2, -0.15) is 0 Å². The summed E-state index contributed by atoms with van der Waals surface area (Å²) in [5.41, 5.74) is 2.08. The summed E-state index contributed by atoms with van der Waals surface area (Å²) in [6, 6.07) is 14.6. The quantitative estimate of drug-likeness (QED) is 0.664. The predicted molar refractivity (Wildman–Crippen MR) is 114 cm³/mol. The van der Waals surface area contributed by atoms with Gasteiger partial charge in [0.25, 0.3) is 5.91 Å². The summed E-state index contributed by atoms with van der Waals surface area (Å²) in [4.78, 5) is 27.0. The van der Waals surface area contributed by atoms with Gasteiger partial charge in [-0.1, -0.05) is 45.8 Å². The Labute approximate surface area is 175 Å². The van der Waals surface area contributed by atoms with E-state index in [-0.39, 0.29) is 24.5 Å². The summed E-state index contributed by atoms with van der Waals surface area (Å²) >= 11 is 3.37. The highest BCUT2D eigenvalue weighted by Crippen LogP contribution is 2.17. The summed E-state index contributed by atoms with van der Waals surface area (Å²) in [6.45, 7) is 7.75. The number of carbonyl (C=O) groups is 2. The minimum absolute atomic E-state index is 0.00453. The highest BCUT2D eigenvalue weighted by atomic mass is 79.9. The average molecular weight is 447 g/mol. The van der Waals surface area contributed by atoms with Crippen LogP contribution in [0.15, 0.2) is 53.0 Å². The standard InChI is InChI=1S/C22H27BrN2O3/c1-15(2)24-22(27)17(4)25(13-18-7-5-6-16(3)12-18)21(26)14-28-20-10-8-19(23)9-11-20/h5-12,15,17H,13-14H2,1-4H3,(H,24,27)/t17-/m0/s1. The molecule has 2 rings (SSSR count). The van der Waals surface area contributed by atoms with Gasteiger partial charge in [-0.05, 0) is 57.5 Å². The molecule has 0 spiro atoms. The number of halogens is 1. The van der Waals surface area contributed by atoms with Gasteiger partial charge in [-0.15, -0.1) is 0 Å². The van der Waals surface area contributed by atoms with Crippen LogP contribution in [-0.4, -0.2) is 35.4 Å². The maximum absolute atomic E-state index is 12.9. The molecule has 0 saturated heterocycles. The number of hydrogen-bond acceptors (Lipinski definition) is 3. The van der Waals surface area contributed by atoms with E-state index >= 15 is 0 Å². The predicted octanol–water partition coefficient (Wildman–Crippen LogP) is 4.08. The molecule has 0 aliphatic heterocycles. The lowest BCUT2D eigenvalue weighted by Gasteiger charge is -2.29. The zero-order valence-corrected chi connectivity index (χ0v) is 18.3. The molecule has 150 valence electrons. The second kappa shape index (κ2) is 10.3. The third-order valence-electron chi connectivity index (χ3n) is 4.21. The first kappa shape index (κ1) is 22.0. The maximum Gasteiger partial charge on any atom is 0.261 e. The SMILES string of the molecule is Cc1cccc(CN(C(=O)COc2ccc(Br)cc2)[C@@H](C)C(=O)NC(C)C)c1. The summed E-state index contributed by atoms with van der Waals surface area (Å²) in [6.07, 6.45) is 0. The van der Waals surface area contributed by atoms with Crippen LogP contribution in [0.4, 0.5) is 0 Å². The molecule has 28 heavy (non-hydrogen) atoms. The number of nitrogens with zero attached hydrogens (tertiary/aromatic N) is 1. The van der Waals surface area contributed by atoms with E-state index in [9.17, 15) is 9.59 Å². The van der Waals surface area contributed by atoms with Gasteiger partial charge in [0.15, 0.2) is 6.61 Å². The van der Waals surface area contributed by atoms with E-state index in [0.717, 1.165) is 15.6 Å². The molecule has 0 radical (unpaired) electrons. The van der Waals surface area contributed by atoms with Gasteiger partial charge in [-0.25, -0.2) is 0 Å². The first-order valence-corrected chi connectivity index (χ1v) is 10.1. The lowest BCUT2D eigenvalue weighted by atomic mass is 10.1. The molecule has 2 aromatic carbocycles. The molecule has 0 aliphatic carbocycles. The summed E-state index contributed by atoms with van der Waals surface area (Å²) in [7, 11) is 0. The van der Waals surface area contributed by atoms with Crippen molar-refractivity contribution in [3.05, 3.63) is 64.1 Å². The minimum Gasteiger partial charge on any atom is -0.484 e. The molecule has 0 aliphatic rings. The third-order valence-corrected chi connectivity index (χ3v) is 4.74. The highest BCUT2D eigenvalue weighted by molar-refractivity contribution is 9.10. The smallest absolute Gasteiger partial charge is 0.261 e. The molecule has 5 nitrogen and oxygen atoms in total. The number of benzene rings is 2. The van der Waals surface area contributed by atoms with Crippen LogP contribution in [0.1, 0.15) is 31.9 Å². The van der Waals surface area contributed by atoms with Crippen molar-refractivity contribution in [1.29, 1.82) is 0 Å². The summed E-state index contributed by atoms with van der Waals surface area (Å²) < 4.78 is 6.57. The van der Waals surface area contributed by atoms with Crippen molar-refractivity contribution in [1.82, 2.24) is 10.2 Å². The van der Waals surface area contributed by atoms with E-state index in [0.29, 0.717) is 12.3 Å². The van der Waals surface area contributed by atoms with E-state index in [2.05, 4.69) is 21.2 Å². The van der Waals surface area contributed by atoms with Crippen LogP contribution in [0.5, 0.6) is 5.75 Å². The van der Waals surface area contributed by atoms with Crippen LogP contribution >= 0.6 is 15.9 Å². The Morgan fingerprint density at radius 2 is 1.79 bits per heavy atom. The van der Waals surface area contributed by atoms with Crippen molar-refractivity contribution in [3.63, 3.8) is 0 Å². The van der Waals surface area contributed by atoms with Gasteiger partial charge >= 0.3 is 0 Å². The molecule has 0 bridgehead atoms. The van der Waals surface area contributed by atoms with Crippen molar-refractivity contribution in [2.24, 2.45) is 0 Å². The minimum atomic E-state index is -0.607. The molecule has 2 amide bonds. The van der Waals surface area contributed by atoms with Crippen molar-refractivity contribution in [2.45, 2.75) is 46.3 Å². The Kier molecular flexibility index (Phi) is 8.05. The van der Waals surface area contributed by atoms with Crippen LogP contribution < -0.4 is 10.1 Å². The zero-order chi connectivity index (χ0) is 20.7. The molecule has 0 saturated carbocycles. The van der Waals surface area contributed by atoms with Crippen molar-refractivity contribution in [2.75, 3.05) is 6.61 Å². The summed E-state index contributed by atoms with van der Waals surface area (Å²) in [5, 5.41) is 2.88. The molecule has 0 unspecified atom stereocenters. The maximum atomic E-state index is 12.9. The van der Waals surface area contributed by atoms with Gasteiger partial charge in [-0.3, -0.25) is 9.59 Å². The second-order valence-corrected chi connectivity index (χ2v) is 8.01. The van der Waals surface area contributed by atoms with Crippen LogP contribution in [0.3, 0.4) is 0 Å². The molecule has 0 fully saturated rings. The number of aryl methyl sites for hydroxylation is 1. The fourth-order valence-electron chi connectivity index (χ4n) is 2.75. The third kappa shape index (κ3) is 6.68. The monoisotopic (exact) mass is 446 g/mol. The largest absolute Gasteiger partial charge is 0.484 e. The molecule has 0 aromatic heterocycles. The molecular weight excluding hydrogens is 420 g/mol. The molecule has 1 atom stereocenters. The van der Waals surface area contributed by atoms with Crippen LogP contribution in [0, 0.1) is 6.92 Å². The number of ether oxygens (including phenoxy) is 1. The van der Waals surface area contributed by atoms with Crippen molar-refractivity contribution < 1.29 is 14.3 Å². The Balaban J connectivity index is 2.14.